The molecule has 21 heavy (non-hydrogen) atoms. The van der Waals surface area contributed by atoms with Gasteiger partial charge in [0.2, 0.25) is 0 Å². The minimum absolute atomic E-state index is 0.188. The third-order valence-corrected chi connectivity index (χ3v) is 3.18. The summed E-state index contributed by atoms with van der Waals surface area (Å²) in [5, 5.41) is 15.7. The van der Waals surface area contributed by atoms with Crippen molar-refractivity contribution in [2.24, 2.45) is 0 Å². The molecule has 0 saturated carbocycles. The van der Waals surface area contributed by atoms with Crippen LogP contribution in [0.25, 0.3) is 16.5 Å². The molecule has 2 aromatic carbocycles. The summed E-state index contributed by atoms with van der Waals surface area (Å²) in [5.41, 5.74) is 1.19. The molecular weight excluding hydrogens is 268 g/mol. The van der Waals surface area contributed by atoms with Crippen molar-refractivity contribution in [1.29, 1.82) is 0 Å². The Bertz CT molecular complexity index is 808. The van der Waals surface area contributed by atoms with Crippen molar-refractivity contribution in [2.75, 3.05) is 6.61 Å². The number of hydrogen-bond donors (Lipinski definition) is 1. The highest BCUT2D eigenvalue weighted by atomic mass is 16.5. The highest BCUT2D eigenvalue weighted by Crippen LogP contribution is 2.25. The van der Waals surface area contributed by atoms with Crippen LogP contribution in [-0.4, -0.2) is 27.5 Å². The van der Waals surface area contributed by atoms with Gasteiger partial charge >= 0.3 is 5.97 Å². The van der Waals surface area contributed by atoms with Crippen LogP contribution in [0.3, 0.4) is 0 Å². The van der Waals surface area contributed by atoms with Gasteiger partial charge in [0.1, 0.15) is 5.75 Å². The van der Waals surface area contributed by atoms with E-state index in [2.05, 4.69) is 5.10 Å². The fourth-order valence-electron chi connectivity index (χ4n) is 2.22. The van der Waals surface area contributed by atoms with Crippen LogP contribution in [0.1, 0.15) is 17.3 Å². The number of aromatic hydroxyl groups is 1. The van der Waals surface area contributed by atoms with E-state index < -0.39 is 5.97 Å². The Hall–Kier alpha value is -2.82. The SMILES string of the molecule is CCOC(=O)c1cnn(-c2cccc3ccc(O)cc23)c1. The number of fused-ring (bicyclic) bond motifs is 1. The lowest BCUT2D eigenvalue weighted by Gasteiger charge is -2.07. The van der Waals surface area contributed by atoms with E-state index in [1.807, 2.05) is 24.3 Å². The standard InChI is InChI=1S/C16H14N2O3/c1-2-21-16(20)12-9-17-18(10-12)15-5-3-4-11-6-7-13(19)8-14(11)15/h3-10,19H,2H2,1H3. The average molecular weight is 282 g/mol. The average Bonchev–Trinajstić information content (AvgIpc) is 2.96. The molecule has 3 rings (SSSR count). The van der Waals surface area contributed by atoms with Gasteiger partial charge in [0.15, 0.2) is 0 Å². The van der Waals surface area contributed by atoms with Crippen molar-refractivity contribution < 1.29 is 14.6 Å². The zero-order chi connectivity index (χ0) is 14.8. The molecule has 0 atom stereocenters. The first-order chi connectivity index (χ1) is 10.2. The number of phenolic OH excluding ortho intramolecular Hbond substituents is 1. The van der Waals surface area contributed by atoms with Gasteiger partial charge in [0.05, 0.1) is 24.1 Å². The third kappa shape index (κ3) is 2.45. The summed E-state index contributed by atoms with van der Waals surface area (Å²) < 4.78 is 6.56. The smallest absolute Gasteiger partial charge is 0.341 e. The van der Waals surface area contributed by atoms with Crippen LogP contribution >= 0.6 is 0 Å². The van der Waals surface area contributed by atoms with Crippen LogP contribution in [0.15, 0.2) is 48.8 Å². The summed E-state index contributed by atoms with van der Waals surface area (Å²) in [4.78, 5) is 11.7. The quantitative estimate of drug-likeness (QED) is 0.750. The first-order valence-electron chi connectivity index (χ1n) is 6.63. The van der Waals surface area contributed by atoms with Crippen LogP contribution in [-0.2, 0) is 4.74 Å². The number of hydrogen-bond acceptors (Lipinski definition) is 4. The zero-order valence-electron chi connectivity index (χ0n) is 11.5. The molecule has 1 heterocycles. The number of esters is 1. The fraction of sp³-hybridized carbons (Fsp3) is 0.125. The predicted molar refractivity (Wildman–Crippen MR) is 78.7 cm³/mol. The number of nitrogens with zero attached hydrogens (tertiary/aromatic N) is 2. The Kier molecular flexibility index (Phi) is 3.31. The molecule has 0 fully saturated rings. The molecule has 0 unspecified atom stereocenters. The van der Waals surface area contributed by atoms with Gasteiger partial charge in [-0.3, -0.25) is 0 Å². The molecule has 106 valence electrons. The summed E-state index contributed by atoms with van der Waals surface area (Å²) in [6, 6.07) is 10.9. The minimum atomic E-state index is -0.396. The van der Waals surface area contributed by atoms with E-state index in [0.717, 1.165) is 16.5 Å². The molecule has 1 N–H and O–H groups in total. The number of ether oxygens (including phenoxy) is 1. The molecule has 0 aliphatic carbocycles. The van der Waals surface area contributed by atoms with Crippen molar-refractivity contribution in [2.45, 2.75) is 6.92 Å². The van der Waals surface area contributed by atoms with E-state index in [9.17, 15) is 9.90 Å². The van der Waals surface area contributed by atoms with Crippen LogP contribution in [0.2, 0.25) is 0 Å². The highest BCUT2D eigenvalue weighted by Gasteiger charge is 2.11. The lowest BCUT2D eigenvalue weighted by atomic mass is 10.1. The monoisotopic (exact) mass is 282 g/mol. The molecule has 0 spiro atoms. The molecule has 1 aromatic heterocycles. The summed E-state index contributed by atoms with van der Waals surface area (Å²) in [5.74, 6) is -0.209. The number of aromatic nitrogens is 2. The summed E-state index contributed by atoms with van der Waals surface area (Å²) in [6.45, 7) is 2.09. The second-order valence-electron chi connectivity index (χ2n) is 4.58. The maximum atomic E-state index is 11.7. The molecule has 5 heteroatoms. The van der Waals surface area contributed by atoms with Gasteiger partial charge in [-0.2, -0.15) is 5.10 Å². The topological polar surface area (TPSA) is 64.3 Å². The Morgan fingerprint density at radius 2 is 2.19 bits per heavy atom. The minimum Gasteiger partial charge on any atom is -0.508 e. The second kappa shape index (κ2) is 5.28. The highest BCUT2D eigenvalue weighted by molar-refractivity contribution is 5.92. The number of carbonyl (C=O) groups excluding carboxylic acids is 1. The predicted octanol–water partition coefficient (Wildman–Crippen LogP) is 2.91. The Labute approximate surface area is 121 Å². The van der Waals surface area contributed by atoms with Crippen LogP contribution in [0, 0.1) is 0 Å². The van der Waals surface area contributed by atoms with Gasteiger partial charge in [-0.05, 0) is 30.5 Å². The van der Waals surface area contributed by atoms with Crippen molar-refractivity contribution in [1.82, 2.24) is 9.78 Å². The lowest BCUT2D eigenvalue weighted by molar-refractivity contribution is 0.0526. The van der Waals surface area contributed by atoms with Crippen molar-refractivity contribution in [3.8, 4) is 11.4 Å². The Morgan fingerprint density at radius 3 is 3.00 bits per heavy atom. The molecule has 0 amide bonds. The maximum Gasteiger partial charge on any atom is 0.341 e. The van der Waals surface area contributed by atoms with Gasteiger partial charge in [0, 0.05) is 11.6 Å². The maximum absolute atomic E-state index is 11.7. The normalized spacial score (nSPS) is 10.7. The molecule has 3 aromatic rings. The molecular formula is C16H14N2O3. The largest absolute Gasteiger partial charge is 0.508 e. The fourth-order valence-corrected chi connectivity index (χ4v) is 2.22. The van der Waals surface area contributed by atoms with Gasteiger partial charge in [0.25, 0.3) is 0 Å². The van der Waals surface area contributed by atoms with E-state index in [1.54, 1.807) is 29.9 Å². The molecule has 0 aliphatic heterocycles. The summed E-state index contributed by atoms with van der Waals surface area (Å²) >= 11 is 0. The van der Waals surface area contributed by atoms with Crippen molar-refractivity contribution >= 4 is 16.7 Å². The number of phenols is 1. The zero-order valence-corrected chi connectivity index (χ0v) is 11.5. The van der Waals surface area contributed by atoms with E-state index in [0.29, 0.717) is 12.2 Å². The van der Waals surface area contributed by atoms with Crippen molar-refractivity contribution in [3.63, 3.8) is 0 Å². The van der Waals surface area contributed by atoms with E-state index in [4.69, 9.17) is 4.74 Å². The van der Waals surface area contributed by atoms with Gasteiger partial charge in [-0.25, -0.2) is 9.48 Å². The van der Waals surface area contributed by atoms with Gasteiger partial charge in [-0.1, -0.05) is 18.2 Å². The molecule has 0 aliphatic rings. The number of rotatable bonds is 3. The molecule has 5 nitrogen and oxygen atoms in total. The first kappa shape index (κ1) is 13.2. The molecule has 0 bridgehead atoms. The van der Waals surface area contributed by atoms with E-state index in [1.165, 1.54) is 6.20 Å². The molecule has 0 radical (unpaired) electrons. The van der Waals surface area contributed by atoms with E-state index >= 15 is 0 Å². The second-order valence-corrected chi connectivity index (χ2v) is 4.58. The Morgan fingerprint density at radius 1 is 1.33 bits per heavy atom. The lowest BCUT2D eigenvalue weighted by Crippen LogP contribution is -2.03. The van der Waals surface area contributed by atoms with Gasteiger partial charge < -0.3 is 9.84 Å². The first-order valence-corrected chi connectivity index (χ1v) is 6.63. The van der Waals surface area contributed by atoms with Crippen LogP contribution in [0.4, 0.5) is 0 Å². The number of carbonyl (C=O) groups is 1. The summed E-state index contributed by atoms with van der Waals surface area (Å²) in [6.07, 6.45) is 3.09. The van der Waals surface area contributed by atoms with Crippen LogP contribution in [0.5, 0.6) is 5.75 Å². The van der Waals surface area contributed by atoms with Crippen LogP contribution < -0.4 is 0 Å². The summed E-state index contributed by atoms with van der Waals surface area (Å²) in [7, 11) is 0. The van der Waals surface area contributed by atoms with E-state index in [-0.39, 0.29) is 5.75 Å². The van der Waals surface area contributed by atoms with Gasteiger partial charge in [-0.15, -0.1) is 0 Å². The third-order valence-electron chi connectivity index (χ3n) is 3.18. The Balaban J connectivity index is 2.08. The molecule has 0 saturated heterocycles. The number of benzene rings is 2. The van der Waals surface area contributed by atoms with Crippen molar-refractivity contribution in [3.05, 3.63) is 54.4 Å².